The summed E-state index contributed by atoms with van der Waals surface area (Å²) in [5, 5.41) is 20.9. The van der Waals surface area contributed by atoms with Crippen molar-refractivity contribution in [1.82, 2.24) is 4.98 Å². The van der Waals surface area contributed by atoms with Gasteiger partial charge in [0.05, 0.1) is 16.8 Å². The molecule has 0 saturated carbocycles. The van der Waals surface area contributed by atoms with Gasteiger partial charge in [-0.05, 0) is 30.3 Å². The van der Waals surface area contributed by atoms with Gasteiger partial charge in [0.2, 0.25) is 0 Å². The third-order valence-corrected chi connectivity index (χ3v) is 2.86. The Morgan fingerprint density at radius 1 is 1.37 bits per heavy atom. The fraction of sp³-hybridized carbons (Fsp3) is 0. The highest BCUT2D eigenvalue weighted by molar-refractivity contribution is 9.10. The molecule has 19 heavy (non-hydrogen) atoms. The number of benzene rings is 1. The average Bonchev–Trinajstić information content (AvgIpc) is 2.41. The van der Waals surface area contributed by atoms with Gasteiger partial charge < -0.3 is 10.4 Å². The number of aromatic nitrogens is 1. The molecular formula is C13H8BrN3O2. The number of nitriles is 1. The van der Waals surface area contributed by atoms with Crippen LogP contribution in [0, 0.1) is 11.3 Å². The van der Waals surface area contributed by atoms with Gasteiger partial charge in [0.15, 0.2) is 0 Å². The zero-order valence-corrected chi connectivity index (χ0v) is 11.2. The number of rotatable bonds is 3. The van der Waals surface area contributed by atoms with Crippen molar-refractivity contribution in [2.75, 3.05) is 5.32 Å². The van der Waals surface area contributed by atoms with Crippen molar-refractivity contribution < 1.29 is 9.90 Å². The van der Waals surface area contributed by atoms with Crippen molar-refractivity contribution in [1.29, 1.82) is 5.26 Å². The number of carboxylic acids is 1. The van der Waals surface area contributed by atoms with Crippen LogP contribution in [0.4, 0.5) is 11.5 Å². The lowest BCUT2D eigenvalue weighted by Crippen LogP contribution is -2.00. The van der Waals surface area contributed by atoms with Gasteiger partial charge in [-0.25, -0.2) is 9.78 Å². The number of anilines is 2. The maximum Gasteiger partial charge on any atom is 0.335 e. The molecule has 0 unspecified atom stereocenters. The summed E-state index contributed by atoms with van der Waals surface area (Å²) >= 11 is 3.28. The highest BCUT2D eigenvalue weighted by atomic mass is 79.9. The van der Waals surface area contributed by atoms with E-state index in [2.05, 4.69) is 32.3 Å². The summed E-state index contributed by atoms with van der Waals surface area (Å²) in [6, 6.07) is 10.0. The van der Waals surface area contributed by atoms with Gasteiger partial charge >= 0.3 is 5.97 Å². The Hall–Kier alpha value is -2.39. The number of nitrogens with one attached hydrogen (secondary N) is 1. The maximum atomic E-state index is 10.9. The largest absolute Gasteiger partial charge is 0.478 e. The minimum absolute atomic E-state index is 0.133. The number of halogens is 1. The van der Waals surface area contributed by atoms with E-state index < -0.39 is 5.97 Å². The van der Waals surface area contributed by atoms with Crippen LogP contribution in [0.1, 0.15) is 15.9 Å². The van der Waals surface area contributed by atoms with E-state index in [0.29, 0.717) is 17.1 Å². The molecule has 6 heteroatoms. The molecule has 0 aliphatic heterocycles. The number of carbonyl (C=O) groups is 1. The van der Waals surface area contributed by atoms with E-state index in [1.807, 2.05) is 0 Å². The third kappa shape index (κ3) is 3.09. The third-order valence-electron chi connectivity index (χ3n) is 2.37. The normalized spacial score (nSPS) is 9.68. The van der Waals surface area contributed by atoms with Crippen molar-refractivity contribution >= 4 is 33.4 Å². The summed E-state index contributed by atoms with van der Waals surface area (Å²) in [5.74, 6) is -0.652. The van der Waals surface area contributed by atoms with E-state index in [1.165, 1.54) is 18.3 Å². The van der Waals surface area contributed by atoms with Crippen molar-refractivity contribution in [3.05, 3.63) is 52.1 Å². The predicted molar refractivity (Wildman–Crippen MR) is 73.3 cm³/mol. The molecule has 0 saturated heterocycles. The van der Waals surface area contributed by atoms with Crippen molar-refractivity contribution in [2.24, 2.45) is 0 Å². The molecule has 2 rings (SSSR count). The molecule has 0 radical (unpaired) electrons. The molecule has 0 fully saturated rings. The molecule has 1 heterocycles. The van der Waals surface area contributed by atoms with Gasteiger partial charge in [-0.3, -0.25) is 0 Å². The molecular weight excluding hydrogens is 310 g/mol. The fourth-order valence-corrected chi connectivity index (χ4v) is 1.85. The summed E-state index contributed by atoms with van der Waals surface area (Å²) < 4.78 is 0.793. The first-order chi connectivity index (χ1) is 9.10. The minimum Gasteiger partial charge on any atom is -0.478 e. The molecule has 0 atom stereocenters. The van der Waals surface area contributed by atoms with Crippen molar-refractivity contribution in [3.8, 4) is 6.07 Å². The van der Waals surface area contributed by atoms with E-state index in [0.717, 1.165) is 4.47 Å². The second kappa shape index (κ2) is 5.50. The Balaban J connectivity index is 2.34. The van der Waals surface area contributed by atoms with Crippen LogP contribution in [0.3, 0.4) is 0 Å². The Kier molecular flexibility index (Phi) is 3.78. The first-order valence-corrected chi connectivity index (χ1v) is 6.05. The molecule has 0 aliphatic rings. The lowest BCUT2D eigenvalue weighted by atomic mass is 10.2. The molecule has 0 amide bonds. The van der Waals surface area contributed by atoms with Gasteiger partial charge in [0.25, 0.3) is 0 Å². The van der Waals surface area contributed by atoms with Crippen LogP contribution >= 0.6 is 15.9 Å². The van der Waals surface area contributed by atoms with Gasteiger partial charge in [0, 0.05) is 10.7 Å². The number of nitrogens with zero attached hydrogens (tertiary/aromatic N) is 2. The second-order valence-electron chi connectivity index (χ2n) is 3.66. The van der Waals surface area contributed by atoms with E-state index in [9.17, 15) is 4.79 Å². The number of hydrogen-bond donors (Lipinski definition) is 2. The van der Waals surface area contributed by atoms with Gasteiger partial charge in [-0.15, -0.1) is 0 Å². The van der Waals surface area contributed by atoms with Crippen molar-refractivity contribution in [2.45, 2.75) is 0 Å². The Bertz CT molecular complexity index is 680. The van der Waals surface area contributed by atoms with Crippen molar-refractivity contribution in [3.63, 3.8) is 0 Å². The summed E-state index contributed by atoms with van der Waals surface area (Å²) in [7, 11) is 0. The first-order valence-electron chi connectivity index (χ1n) is 5.26. The van der Waals surface area contributed by atoms with E-state index >= 15 is 0 Å². The standard InChI is InChI=1S/C13H8BrN3O2/c14-10-1-2-11(9(5-10)7-15)17-12-6-8(13(18)19)3-4-16-12/h1-6H,(H,16,17)(H,18,19). The predicted octanol–water partition coefficient (Wildman–Crippen LogP) is 3.16. The van der Waals surface area contributed by atoms with Gasteiger partial charge in [-0.1, -0.05) is 15.9 Å². The number of pyridine rings is 1. The Morgan fingerprint density at radius 2 is 2.16 bits per heavy atom. The molecule has 0 aliphatic carbocycles. The fourth-order valence-electron chi connectivity index (χ4n) is 1.49. The summed E-state index contributed by atoms with van der Waals surface area (Å²) in [6.45, 7) is 0. The monoisotopic (exact) mass is 317 g/mol. The first kappa shape index (κ1) is 13.1. The molecule has 94 valence electrons. The van der Waals surface area contributed by atoms with E-state index in [-0.39, 0.29) is 5.56 Å². The summed E-state index contributed by atoms with van der Waals surface area (Å²) in [5.41, 5.74) is 1.14. The van der Waals surface area contributed by atoms with Crippen LogP contribution in [0.5, 0.6) is 0 Å². The molecule has 0 spiro atoms. The SMILES string of the molecule is N#Cc1cc(Br)ccc1Nc1cc(C(=O)O)ccn1. The Morgan fingerprint density at radius 3 is 2.84 bits per heavy atom. The van der Waals surface area contributed by atoms with Crippen LogP contribution in [0.15, 0.2) is 41.0 Å². The molecule has 5 nitrogen and oxygen atoms in total. The molecule has 2 N–H and O–H groups in total. The highest BCUT2D eigenvalue weighted by Gasteiger charge is 2.07. The highest BCUT2D eigenvalue weighted by Crippen LogP contribution is 2.23. The van der Waals surface area contributed by atoms with Crippen LogP contribution < -0.4 is 5.32 Å². The lowest BCUT2D eigenvalue weighted by Gasteiger charge is -2.08. The zero-order chi connectivity index (χ0) is 13.8. The van der Waals surface area contributed by atoms with Crippen LogP contribution in [-0.4, -0.2) is 16.1 Å². The van der Waals surface area contributed by atoms with Crippen LogP contribution in [-0.2, 0) is 0 Å². The quantitative estimate of drug-likeness (QED) is 0.908. The van der Waals surface area contributed by atoms with E-state index in [4.69, 9.17) is 10.4 Å². The topological polar surface area (TPSA) is 86.0 Å². The van der Waals surface area contributed by atoms with Crippen LogP contribution in [0.2, 0.25) is 0 Å². The minimum atomic E-state index is -1.03. The molecule has 1 aromatic carbocycles. The average molecular weight is 318 g/mol. The van der Waals surface area contributed by atoms with E-state index in [1.54, 1.807) is 18.2 Å². The van der Waals surface area contributed by atoms with Gasteiger partial charge in [-0.2, -0.15) is 5.26 Å². The van der Waals surface area contributed by atoms with Gasteiger partial charge in [0.1, 0.15) is 11.9 Å². The zero-order valence-electron chi connectivity index (χ0n) is 9.59. The smallest absolute Gasteiger partial charge is 0.335 e. The molecule has 1 aromatic heterocycles. The maximum absolute atomic E-state index is 10.9. The number of carboxylic acid groups (broad SMARTS) is 1. The number of aromatic carboxylic acids is 1. The lowest BCUT2D eigenvalue weighted by molar-refractivity contribution is 0.0697. The summed E-state index contributed by atoms with van der Waals surface area (Å²) in [4.78, 5) is 14.9. The number of hydrogen-bond acceptors (Lipinski definition) is 4. The van der Waals surface area contributed by atoms with Crippen LogP contribution in [0.25, 0.3) is 0 Å². The summed E-state index contributed by atoms with van der Waals surface area (Å²) in [6.07, 6.45) is 1.40. The second-order valence-corrected chi connectivity index (χ2v) is 4.58. The Labute approximate surface area is 117 Å². The molecule has 2 aromatic rings. The molecule has 0 bridgehead atoms.